The fourth-order valence-corrected chi connectivity index (χ4v) is 1.80. The van der Waals surface area contributed by atoms with Gasteiger partial charge in [-0.25, -0.2) is 0 Å². The van der Waals surface area contributed by atoms with E-state index in [4.69, 9.17) is 4.74 Å². The van der Waals surface area contributed by atoms with Crippen LogP contribution in [0.3, 0.4) is 0 Å². The van der Waals surface area contributed by atoms with E-state index < -0.39 is 0 Å². The Balaban J connectivity index is 2.26. The molecule has 0 aromatic heterocycles. The third kappa shape index (κ3) is 3.58. The van der Waals surface area contributed by atoms with Crippen LogP contribution in [-0.2, 0) is 4.74 Å². The van der Waals surface area contributed by atoms with Crippen molar-refractivity contribution in [1.82, 2.24) is 5.32 Å². The molecule has 1 fully saturated rings. The van der Waals surface area contributed by atoms with Crippen LogP contribution in [0.15, 0.2) is 0 Å². The average molecular weight is 199 g/mol. The molecule has 0 aliphatic heterocycles. The van der Waals surface area contributed by atoms with Crippen LogP contribution in [0.1, 0.15) is 40.5 Å². The molecule has 0 radical (unpaired) electrons. The Bertz CT molecular complexity index is 170. The van der Waals surface area contributed by atoms with Crippen molar-refractivity contribution in [3.05, 3.63) is 0 Å². The first-order chi connectivity index (χ1) is 6.45. The van der Waals surface area contributed by atoms with Gasteiger partial charge in [0.15, 0.2) is 0 Å². The van der Waals surface area contributed by atoms with Crippen LogP contribution in [0.25, 0.3) is 0 Å². The largest absolute Gasteiger partial charge is 0.380 e. The van der Waals surface area contributed by atoms with E-state index in [1.54, 1.807) is 7.11 Å². The van der Waals surface area contributed by atoms with Crippen molar-refractivity contribution in [3.8, 4) is 0 Å². The first-order valence-electron chi connectivity index (χ1n) is 5.71. The zero-order valence-electron chi connectivity index (χ0n) is 10.3. The summed E-state index contributed by atoms with van der Waals surface area (Å²) in [5.74, 6) is 0.924. The fourth-order valence-electron chi connectivity index (χ4n) is 1.80. The Hall–Kier alpha value is -0.0800. The maximum Gasteiger partial charge on any atom is 0.0743 e. The second-order valence-corrected chi connectivity index (χ2v) is 5.62. The molecule has 1 aliphatic rings. The van der Waals surface area contributed by atoms with Crippen molar-refractivity contribution in [1.29, 1.82) is 0 Å². The molecular formula is C12H25NO. The summed E-state index contributed by atoms with van der Waals surface area (Å²) in [6.45, 7) is 9.94. The molecule has 0 aromatic rings. The number of hydrogen-bond donors (Lipinski definition) is 1. The number of hydrogen-bond acceptors (Lipinski definition) is 2. The Morgan fingerprint density at radius 3 is 2.29 bits per heavy atom. The summed E-state index contributed by atoms with van der Waals surface area (Å²) < 4.78 is 5.50. The van der Waals surface area contributed by atoms with Gasteiger partial charge in [0.25, 0.3) is 0 Å². The van der Waals surface area contributed by atoms with E-state index >= 15 is 0 Å². The molecule has 2 unspecified atom stereocenters. The van der Waals surface area contributed by atoms with Gasteiger partial charge in [0, 0.05) is 19.7 Å². The molecule has 2 atom stereocenters. The average Bonchev–Trinajstić information content (AvgIpc) is 2.84. The van der Waals surface area contributed by atoms with Crippen LogP contribution in [0.4, 0.5) is 0 Å². The van der Waals surface area contributed by atoms with E-state index in [0.717, 1.165) is 12.5 Å². The van der Waals surface area contributed by atoms with Gasteiger partial charge in [0.2, 0.25) is 0 Å². The molecule has 1 aliphatic carbocycles. The summed E-state index contributed by atoms with van der Waals surface area (Å²) in [4.78, 5) is 0. The van der Waals surface area contributed by atoms with Crippen LogP contribution in [0.5, 0.6) is 0 Å². The molecule has 1 rings (SSSR count). The van der Waals surface area contributed by atoms with Gasteiger partial charge in [0.1, 0.15) is 0 Å². The molecular weight excluding hydrogens is 174 g/mol. The molecule has 0 spiro atoms. The first-order valence-corrected chi connectivity index (χ1v) is 5.71. The molecule has 0 amide bonds. The van der Waals surface area contributed by atoms with Gasteiger partial charge in [-0.15, -0.1) is 0 Å². The number of nitrogens with one attached hydrogen (secondary N) is 1. The third-order valence-electron chi connectivity index (χ3n) is 3.20. The Morgan fingerprint density at radius 2 is 1.93 bits per heavy atom. The lowest BCUT2D eigenvalue weighted by atomic mass is 9.89. The summed E-state index contributed by atoms with van der Waals surface area (Å²) in [5.41, 5.74) is 0.227. The van der Waals surface area contributed by atoms with E-state index in [-0.39, 0.29) is 5.41 Å². The van der Waals surface area contributed by atoms with Gasteiger partial charge < -0.3 is 10.1 Å². The molecule has 84 valence electrons. The lowest BCUT2D eigenvalue weighted by molar-refractivity contribution is 0.0156. The van der Waals surface area contributed by atoms with Gasteiger partial charge in [-0.05, 0) is 31.1 Å². The highest BCUT2D eigenvalue weighted by molar-refractivity contribution is 4.85. The summed E-state index contributed by atoms with van der Waals surface area (Å²) in [5, 5.41) is 3.58. The number of ether oxygens (including phenoxy) is 1. The van der Waals surface area contributed by atoms with E-state index in [1.807, 2.05) is 0 Å². The second kappa shape index (κ2) is 4.63. The Labute approximate surface area is 88.4 Å². The molecule has 2 nitrogen and oxygen atoms in total. The molecule has 0 aromatic carbocycles. The minimum absolute atomic E-state index is 0.227. The molecule has 2 heteroatoms. The lowest BCUT2D eigenvalue weighted by Gasteiger charge is -2.30. The quantitative estimate of drug-likeness (QED) is 0.734. The summed E-state index contributed by atoms with van der Waals surface area (Å²) in [7, 11) is 1.80. The molecule has 1 N–H and O–H groups in total. The highest BCUT2D eigenvalue weighted by Crippen LogP contribution is 2.32. The minimum Gasteiger partial charge on any atom is -0.380 e. The molecule has 0 saturated heterocycles. The first kappa shape index (κ1) is 12.0. The Morgan fingerprint density at radius 1 is 1.36 bits per heavy atom. The van der Waals surface area contributed by atoms with Gasteiger partial charge in [-0.2, -0.15) is 0 Å². The zero-order valence-corrected chi connectivity index (χ0v) is 10.3. The highest BCUT2D eigenvalue weighted by Gasteiger charge is 2.30. The lowest BCUT2D eigenvalue weighted by Crippen LogP contribution is -2.42. The monoisotopic (exact) mass is 199 g/mol. The Kier molecular flexibility index (Phi) is 3.96. The maximum absolute atomic E-state index is 5.50. The highest BCUT2D eigenvalue weighted by atomic mass is 16.5. The zero-order chi connectivity index (χ0) is 10.8. The van der Waals surface area contributed by atoms with Crippen molar-refractivity contribution in [2.24, 2.45) is 11.3 Å². The molecule has 14 heavy (non-hydrogen) atoms. The van der Waals surface area contributed by atoms with Crippen LogP contribution in [0, 0.1) is 11.3 Å². The molecule has 0 heterocycles. The van der Waals surface area contributed by atoms with Gasteiger partial charge >= 0.3 is 0 Å². The number of methoxy groups -OCH3 is 1. The molecule has 1 saturated carbocycles. The smallest absolute Gasteiger partial charge is 0.0743 e. The third-order valence-corrected chi connectivity index (χ3v) is 3.20. The normalized spacial score (nSPS) is 22.1. The van der Waals surface area contributed by atoms with E-state index in [1.165, 1.54) is 12.8 Å². The standard InChI is InChI=1S/C12H25NO/c1-9(10-6-7-10)13-8-11(14-5)12(2,3)4/h9-11,13H,6-8H2,1-5H3. The van der Waals surface area contributed by atoms with E-state index in [9.17, 15) is 0 Å². The van der Waals surface area contributed by atoms with E-state index in [2.05, 4.69) is 33.0 Å². The summed E-state index contributed by atoms with van der Waals surface area (Å²) in [6, 6.07) is 0.662. The van der Waals surface area contributed by atoms with Gasteiger partial charge in [0.05, 0.1) is 6.10 Å². The van der Waals surface area contributed by atoms with Crippen LogP contribution in [0.2, 0.25) is 0 Å². The molecule has 0 bridgehead atoms. The summed E-state index contributed by atoms with van der Waals surface area (Å²) >= 11 is 0. The van der Waals surface area contributed by atoms with Crippen LogP contribution >= 0.6 is 0 Å². The predicted molar refractivity (Wildman–Crippen MR) is 60.4 cm³/mol. The maximum atomic E-state index is 5.50. The fraction of sp³-hybridized carbons (Fsp3) is 1.00. The minimum atomic E-state index is 0.227. The SMILES string of the molecule is COC(CNC(C)C1CC1)C(C)(C)C. The van der Waals surface area contributed by atoms with Crippen molar-refractivity contribution < 1.29 is 4.74 Å². The van der Waals surface area contributed by atoms with Gasteiger partial charge in [-0.1, -0.05) is 20.8 Å². The topological polar surface area (TPSA) is 21.3 Å². The van der Waals surface area contributed by atoms with Crippen molar-refractivity contribution in [3.63, 3.8) is 0 Å². The number of rotatable bonds is 5. The van der Waals surface area contributed by atoms with E-state index in [0.29, 0.717) is 12.1 Å². The van der Waals surface area contributed by atoms with Crippen molar-refractivity contribution in [2.75, 3.05) is 13.7 Å². The van der Waals surface area contributed by atoms with Crippen molar-refractivity contribution >= 4 is 0 Å². The van der Waals surface area contributed by atoms with Gasteiger partial charge in [-0.3, -0.25) is 0 Å². The second-order valence-electron chi connectivity index (χ2n) is 5.62. The summed E-state index contributed by atoms with van der Waals surface area (Å²) in [6.07, 6.45) is 3.12. The van der Waals surface area contributed by atoms with Crippen LogP contribution in [-0.4, -0.2) is 25.8 Å². The van der Waals surface area contributed by atoms with Crippen molar-refractivity contribution in [2.45, 2.75) is 52.7 Å². The van der Waals surface area contributed by atoms with Crippen LogP contribution < -0.4 is 5.32 Å². The predicted octanol–water partition coefficient (Wildman–Crippen LogP) is 2.44.